The van der Waals surface area contributed by atoms with Gasteiger partial charge in [0.1, 0.15) is 0 Å². The lowest BCUT2D eigenvalue weighted by molar-refractivity contribution is -0.116. The maximum absolute atomic E-state index is 10.8. The Labute approximate surface area is 78.3 Å². The average Bonchev–Trinajstić information content (AvgIpc) is 1.97. The third-order valence-corrected chi connectivity index (χ3v) is 1.84. The molecule has 0 spiro atoms. The van der Waals surface area contributed by atoms with Gasteiger partial charge in [-0.1, -0.05) is 6.08 Å². The fourth-order valence-electron chi connectivity index (χ4n) is 0.632. The van der Waals surface area contributed by atoms with Crippen LogP contribution >= 0.6 is 0 Å². The van der Waals surface area contributed by atoms with Crippen molar-refractivity contribution in [2.24, 2.45) is 0 Å². The Hall–Kier alpha value is -0.880. The minimum absolute atomic E-state index is 0.210. The molecule has 0 aliphatic carbocycles. The highest BCUT2D eigenvalue weighted by Crippen LogP contribution is 1.73. The van der Waals surface area contributed by atoms with Gasteiger partial charge in [-0.25, -0.2) is 13.1 Å². The Morgan fingerprint density at radius 2 is 2.00 bits per heavy atom. The monoisotopic (exact) mass is 206 g/mol. The summed E-state index contributed by atoms with van der Waals surface area (Å²) in [5, 5.41) is 2.50. The van der Waals surface area contributed by atoms with E-state index in [1.165, 1.54) is 6.08 Å². The second kappa shape index (κ2) is 5.71. The van der Waals surface area contributed by atoms with Gasteiger partial charge in [-0.2, -0.15) is 0 Å². The molecular formula is C7H14N2O3S. The van der Waals surface area contributed by atoms with Gasteiger partial charge in [-0.05, 0) is 13.0 Å². The van der Waals surface area contributed by atoms with Crippen LogP contribution in [0.15, 0.2) is 12.2 Å². The van der Waals surface area contributed by atoms with Crippen molar-refractivity contribution >= 4 is 15.9 Å². The fourth-order valence-corrected chi connectivity index (χ4v) is 1.11. The molecule has 0 rings (SSSR count). The highest BCUT2D eigenvalue weighted by atomic mass is 32.2. The van der Waals surface area contributed by atoms with E-state index >= 15 is 0 Å². The van der Waals surface area contributed by atoms with Gasteiger partial charge in [0, 0.05) is 13.1 Å². The van der Waals surface area contributed by atoms with E-state index in [0.717, 1.165) is 6.26 Å². The summed E-state index contributed by atoms with van der Waals surface area (Å²) in [7, 11) is -3.15. The molecule has 0 aliphatic heterocycles. The largest absolute Gasteiger partial charge is 0.351 e. The predicted molar refractivity (Wildman–Crippen MR) is 50.7 cm³/mol. The number of nitrogens with one attached hydrogen (secondary N) is 2. The van der Waals surface area contributed by atoms with Crippen molar-refractivity contribution in [2.45, 2.75) is 6.92 Å². The molecule has 0 radical (unpaired) electrons. The maximum Gasteiger partial charge on any atom is 0.243 e. The quantitative estimate of drug-likeness (QED) is 0.458. The highest BCUT2D eigenvalue weighted by Gasteiger charge is 1.99. The van der Waals surface area contributed by atoms with E-state index < -0.39 is 10.0 Å². The van der Waals surface area contributed by atoms with Gasteiger partial charge < -0.3 is 5.32 Å². The van der Waals surface area contributed by atoms with Crippen molar-refractivity contribution in [3.63, 3.8) is 0 Å². The molecule has 0 heterocycles. The molecule has 5 nitrogen and oxygen atoms in total. The summed E-state index contributed by atoms with van der Waals surface area (Å²) >= 11 is 0. The van der Waals surface area contributed by atoms with E-state index in [1.54, 1.807) is 13.0 Å². The van der Waals surface area contributed by atoms with E-state index in [9.17, 15) is 13.2 Å². The SMILES string of the molecule is CC=CC(=O)NCCNS(C)(=O)=O. The topological polar surface area (TPSA) is 75.3 Å². The van der Waals surface area contributed by atoms with Crippen LogP contribution < -0.4 is 10.0 Å². The van der Waals surface area contributed by atoms with Crippen molar-refractivity contribution in [1.82, 2.24) is 10.0 Å². The molecule has 0 aromatic heterocycles. The number of allylic oxidation sites excluding steroid dienone is 1. The van der Waals surface area contributed by atoms with Crippen molar-refractivity contribution < 1.29 is 13.2 Å². The van der Waals surface area contributed by atoms with Gasteiger partial charge in [0.05, 0.1) is 6.26 Å². The molecule has 13 heavy (non-hydrogen) atoms. The molecule has 1 amide bonds. The first-order valence-corrected chi connectivity index (χ1v) is 5.70. The van der Waals surface area contributed by atoms with Crippen molar-refractivity contribution in [3.8, 4) is 0 Å². The summed E-state index contributed by atoms with van der Waals surface area (Å²) in [4.78, 5) is 10.8. The van der Waals surface area contributed by atoms with E-state index in [-0.39, 0.29) is 19.0 Å². The lowest BCUT2D eigenvalue weighted by Gasteiger charge is -2.02. The minimum atomic E-state index is -3.15. The molecule has 0 saturated carbocycles. The number of amides is 1. The summed E-state index contributed by atoms with van der Waals surface area (Å²) in [6.45, 7) is 2.23. The van der Waals surface area contributed by atoms with E-state index in [4.69, 9.17) is 0 Å². The van der Waals surface area contributed by atoms with Gasteiger partial charge in [0.2, 0.25) is 15.9 Å². The van der Waals surface area contributed by atoms with E-state index in [2.05, 4.69) is 10.0 Å². The second-order valence-electron chi connectivity index (χ2n) is 2.46. The molecule has 0 unspecified atom stereocenters. The lowest BCUT2D eigenvalue weighted by atomic mass is 10.5. The molecule has 6 heteroatoms. The van der Waals surface area contributed by atoms with Gasteiger partial charge in [0.15, 0.2) is 0 Å². The first-order chi connectivity index (χ1) is 5.95. The van der Waals surface area contributed by atoms with Crippen LogP contribution in [-0.4, -0.2) is 33.7 Å². The normalized spacial score (nSPS) is 11.8. The summed E-state index contributed by atoms with van der Waals surface area (Å²) in [6, 6.07) is 0. The average molecular weight is 206 g/mol. The zero-order chi connectivity index (χ0) is 10.3. The molecule has 0 saturated heterocycles. The molecule has 0 aromatic carbocycles. The second-order valence-corrected chi connectivity index (χ2v) is 4.29. The Morgan fingerprint density at radius 1 is 1.38 bits per heavy atom. The van der Waals surface area contributed by atoms with Gasteiger partial charge >= 0.3 is 0 Å². The van der Waals surface area contributed by atoms with Crippen LogP contribution in [0.25, 0.3) is 0 Å². The van der Waals surface area contributed by atoms with Crippen LogP contribution in [0.1, 0.15) is 6.92 Å². The number of sulfonamides is 1. The molecule has 0 bridgehead atoms. The number of hydrogen-bond donors (Lipinski definition) is 2. The molecule has 0 aliphatic rings. The molecule has 0 atom stereocenters. The fraction of sp³-hybridized carbons (Fsp3) is 0.571. The van der Waals surface area contributed by atoms with Crippen molar-refractivity contribution in [2.75, 3.05) is 19.3 Å². The highest BCUT2D eigenvalue weighted by molar-refractivity contribution is 7.88. The zero-order valence-electron chi connectivity index (χ0n) is 7.70. The Bertz CT molecular complexity index is 282. The summed E-state index contributed by atoms with van der Waals surface area (Å²) < 4.78 is 23.4. The van der Waals surface area contributed by atoms with Gasteiger partial charge in [-0.3, -0.25) is 4.79 Å². The van der Waals surface area contributed by atoms with E-state index in [1.807, 2.05) is 0 Å². The Balaban J connectivity index is 3.53. The van der Waals surface area contributed by atoms with E-state index in [0.29, 0.717) is 0 Å². The summed E-state index contributed by atoms with van der Waals surface area (Å²) in [5.74, 6) is -0.224. The smallest absolute Gasteiger partial charge is 0.243 e. The minimum Gasteiger partial charge on any atom is -0.351 e. The summed E-state index contributed by atoms with van der Waals surface area (Å²) in [6.07, 6.45) is 4.06. The van der Waals surface area contributed by atoms with Crippen LogP contribution in [-0.2, 0) is 14.8 Å². The lowest BCUT2D eigenvalue weighted by Crippen LogP contribution is -2.33. The number of carbonyl (C=O) groups is 1. The van der Waals surface area contributed by atoms with Crippen LogP contribution in [0.3, 0.4) is 0 Å². The first kappa shape index (κ1) is 12.1. The van der Waals surface area contributed by atoms with Crippen molar-refractivity contribution in [1.29, 1.82) is 0 Å². The summed E-state index contributed by atoms with van der Waals surface area (Å²) in [5.41, 5.74) is 0. The third kappa shape index (κ3) is 9.03. The van der Waals surface area contributed by atoms with Gasteiger partial charge in [0.25, 0.3) is 0 Å². The standard InChI is InChI=1S/C7H14N2O3S/c1-3-4-7(10)8-5-6-9-13(2,11)12/h3-4,9H,5-6H2,1-2H3,(H,8,10). The zero-order valence-corrected chi connectivity index (χ0v) is 8.52. The molecule has 0 fully saturated rings. The predicted octanol–water partition coefficient (Wildman–Crippen LogP) is -0.772. The Kier molecular flexibility index (Phi) is 5.33. The third-order valence-electron chi connectivity index (χ3n) is 1.11. The van der Waals surface area contributed by atoms with Gasteiger partial charge in [-0.15, -0.1) is 0 Å². The molecule has 76 valence electrons. The number of carbonyl (C=O) groups excluding carboxylic acids is 1. The van der Waals surface area contributed by atoms with Crippen molar-refractivity contribution in [3.05, 3.63) is 12.2 Å². The molecular weight excluding hydrogens is 192 g/mol. The van der Waals surface area contributed by atoms with Crippen LogP contribution in [0.5, 0.6) is 0 Å². The molecule has 2 N–H and O–H groups in total. The number of rotatable bonds is 5. The number of hydrogen-bond acceptors (Lipinski definition) is 3. The maximum atomic E-state index is 10.8. The van der Waals surface area contributed by atoms with Crippen LogP contribution in [0.4, 0.5) is 0 Å². The van der Waals surface area contributed by atoms with Crippen LogP contribution in [0.2, 0.25) is 0 Å². The molecule has 0 aromatic rings. The van der Waals surface area contributed by atoms with Crippen LogP contribution in [0, 0.1) is 0 Å². The first-order valence-electron chi connectivity index (χ1n) is 3.81. The Morgan fingerprint density at radius 3 is 2.46 bits per heavy atom.